The van der Waals surface area contributed by atoms with Crippen molar-refractivity contribution in [3.63, 3.8) is 0 Å². The molecule has 1 aromatic carbocycles. The van der Waals surface area contributed by atoms with Crippen molar-refractivity contribution in [3.05, 3.63) is 35.4 Å². The molecule has 1 rings (SSSR count). The van der Waals surface area contributed by atoms with Crippen LogP contribution in [-0.2, 0) is 9.53 Å². The predicted octanol–water partition coefficient (Wildman–Crippen LogP) is 1.76. The lowest BCUT2D eigenvalue weighted by atomic mass is 9.99. The smallest absolute Gasteiger partial charge is 0.336 e. The van der Waals surface area contributed by atoms with E-state index < -0.39 is 18.0 Å². The van der Waals surface area contributed by atoms with E-state index in [1.165, 1.54) is 6.07 Å². The second-order valence-electron chi connectivity index (χ2n) is 3.51. The summed E-state index contributed by atoms with van der Waals surface area (Å²) in [6.07, 6.45) is -0.0296. The number of esters is 1. The number of rotatable bonds is 5. The average Bonchev–Trinajstić information content (AvgIpc) is 2.29. The van der Waals surface area contributed by atoms with Crippen LogP contribution in [0.3, 0.4) is 0 Å². The number of halogens is 1. The van der Waals surface area contributed by atoms with Gasteiger partial charge in [-0.3, -0.25) is 4.79 Å². The largest absolute Gasteiger partial charge is 0.478 e. The highest BCUT2D eigenvalue weighted by atomic mass is 35.5. The second kappa shape index (κ2) is 7.68. The van der Waals surface area contributed by atoms with E-state index in [2.05, 4.69) is 0 Å². The van der Waals surface area contributed by atoms with Crippen LogP contribution >= 0.6 is 12.4 Å². The lowest BCUT2D eigenvalue weighted by Crippen LogP contribution is -2.19. The zero-order chi connectivity index (χ0) is 12.8. The first-order valence-electron chi connectivity index (χ1n) is 5.29. The Balaban J connectivity index is 0.00000289. The van der Waals surface area contributed by atoms with Crippen molar-refractivity contribution in [3.8, 4) is 0 Å². The minimum atomic E-state index is -1.06. The van der Waals surface area contributed by atoms with E-state index in [4.69, 9.17) is 15.6 Å². The molecule has 0 aliphatic carbocycles. The number of carbonyl (C=O) groups excluding carboxylic acids is 1. The van der Waals surface area contributed by atoms with E-state index in [-0.39, 0.29) is 31.0 Å². The fraction of sp³-hybridized carbons (Fsp3) is 0.333. The highest BCUT2D eigenvalue weighted by molar-refractivity contribution is 5.89. The van der Waals surface area contributed by atoms with Crippen LogP contribution in [0.1, 0.15) is 35.3 Å². The number of carboxylic acids is 1. The Morgan fingerprint density at radius 2 is 2.00 bits per heavy atom. The molecule has 100 valence electrons. The molecule has 0 heterocycles. The quantitative estimate of drug-likeness (QED) is 0.798. The molecular formula is C12H16ClNO4. The molecule has 5 nitrogen and oxygen atoms in total. The average molecular weight is 274 g/mol. The first-order valence-corrected chi connectivity index (χ1v) is 5.29. The number of hydrogen-bond acceptors (Lipinski definition) is 4. The van der Waals surface area contributed by atoms with Gasteiger partial charge in [0.15, 0.2) is 0 Å². The van der Waals surface area contributed by atoms with Gasteiger partial charge in [-0.25, -0.2) is 4.79 Å². The molecule has 0 amide bonds. The van der Waals surface area contributed by atoms with E-state index in [1.807, 2.05) is 0 Å². The molecular weight excluding hydrogens is 258 g/mol. The van der Waals surface area contributed by atoms with Crippen LogP contribution in [0.2, 0.25) is 0 Å². The summed E-state index contributed by atoms with van der Waals surface area (Å²) in [6, 6.07) is 5.70. The Hall–Kier alpha value is -1.59. The Morgan fingerprint density at radius 3 is 2.56 bits per heavy atom. The summed E-state index contributed by atoms with van der Waals surface area (Å²) in [5, 5.41) is 8.98. The molecule has 1 aromatic rings. The molecule has 3 N–H and O–H groups in total. The predicted molar refractivity (Wildman–Crippen MR) is 68.8 cm³/mol. The van der Waals surface area contributed by atoms with Crippen LogP contribution < -0.4 is 5.73 Å². The van der Waals surface area contributed by atoms with E-state index >= 15 is 0 Å². The van der Waals surface area contributed by atoms with Crippen molar-refractivity contribution < 1.29 is 19.4 Å². The number of aromatic carboxylic acids is 1. The molecule has 18 heavy (non-hydrogen) atoms. The third-order valence-electron chi connectivity index (χ3n) is 2.28. The van der Waals surface area contributed by atoms with Gasteiger partial charge in [0.25, 0.3) is 0 Å². The van der Waals surface area contributed by atoms with Crippen LogP contribution in [0.4, 0.5) is 0 Å². The van der Waals surface area contributed by atoms with Crippen molar-refractivity contribution in [1.29, 1.82) is 0 Å². The molecule has 0 bridgehead atoms. The maximum Gasteiger partial charge on any atom is 0.336 e. The van der Waals surface area contributed by atoms with Gasteiger partial charge in [-0.05, 0) is 18.6 Å². The fourth-order valence-electron chi connectivity index (χ4n) is 1.52. The van der Waals surface area contributed by atoms with E-state index in [9.17, 15) is 9.59 Å². The van der Waals surface area contributed by atoms with Crippen molar-refractivity contribution in [2.45, 2.75) is 19.4 Å². The van der Waals surface area contributed by atoms with Crippen molar-refractivity contribution in [1.82, 2.24) is 0 Å². The standard InChI is InChI=1S/C12H15NO4.ClH/c1-2-17-11(14)7-10(13)8-5-3-4-6-9(8)12(15)16;/h3-6,10H,2,7,13H2,1H3,(H,15,16);1H/t10-;/m1./s1. The van der Waals surface area contributed by atoms with E-state index in [1.54, 1.807) is 25.1 Å². The summed E-state index contributed by atoms with van der Waals surface area (Å²) >= 11 is 0. The van der Waals surface area contributed by atoms with Crippen molar-refractivity contribution in [2.24, 2.45) is 5.73 Å². The van der Waals surface area contributed by atoms with Gasteiger partial charge in [-0.1, -0.05) is 18.2 Å². The van der Waals surface area contributed by atoms with Crippen LogP contribution in [0, 0.1) is 0 Å². The molecule has 0 fully saturated rings. The monoisotopic (exact) mass is 273 g/mol. The summed E-state index contributed by atoms with van der Waals surface area (Å²) in [7, 11) is 0. The van der Waals surface area contributed by atoms with E-state index in [0.717, 1.165) is 0 Å². The van der Waals surface area contributed by atoms with Crippen molar-refractivity contribution >= 4 is 24.3 Å². The van der Waals surface area contributed by atoms with Crippen LogP contribution in [0.15, 0.2) is 24.3 Å². The first-order chi connectivity index (χ1) is 8.06. The Kier molecular flexibility index (Phi) is 7.00. The fourth-order valence-corrected chi connectivity index (χ4v) is 1.52. The molecule has 0 spiro atoms. The molecule has 0 aliphatic heterocycles. The van der Waals surface area contributed by atoms with Gasteiger partial charge in [0.05, 0.1) is 18.6 Å². The Labute approximate surface area is 111 Å². The van der Waals surface area contributed by atoms with Gasteiger partial charge < -0.3 is 15.6 Å². The van der Waals surface area contributed by atoms with Crippen LogP contribution in [0.5, 0.6) is 0 Å². The molecule has 0 aliphatic rings. The zero-order valence-electron chi connectivity index (χ0n) is 9.96. The van der Waals surface area contributed by atoms with E-state index in [0.29, 0.717) is 5.56 Å². The molecule has 0 aromatic heterocycles. The van der Waals surface area contributed by atoms with Crippen molar-refractivity contribution in [2.75, 3.05) is 6.61 Å². The summed E-state index contributed by atoms with van der Waals surface area (Å²) in [4.78, 5) is 22.2. The Morgan fingerprint density at radius 1 is 1.39 bits per heavy atom. The maximum atomic E-state index is 11.3. The highest BCUT2D eigenvalue weighted by Gasteiger charge is 2.18. The van der Waals surface area contributed by atoms with Gasteiger partial charge in [-0.2, -0.15) is 0 Å². The molecule has 0 saturated carbocycles. The summed E-state index contributed by atoms with van der Waals surface area (Å²) < 4.78 is 4.77. The molecule has 6 heteroatoms. The lowest BCUT2D eigenvalue weighted by molar-refractivity contribution is -0.143. The van der Waals surface area contributed by atoms with Gasteiger partial charge in [0.1, 0.15) is 0 Å². The third kappa shape index (κ3) is 4.35. The lowest BCUT2D eigenvalue weighted by Gasteiger charge is -2.13. The molecule has 0 saturated heterocycles. The molecule has 0 radical (unpaired) electrons. The number of ether oxygens (including phenoxy) is 1. The van der Waals surface area contributed by atoms with Crippen LogP contribution in [-0.4, -0.2) is 23.7 Å². The second-order valence-corrected chi connectivity index (χ2v) is 3.51. The zero-order valence-corrected chi connectivity index (χ0v) is 10.8. The molecule has 1 atom stereocenters. The summed E-state index contributed by atoms with van der Waals surface area (Å²) in [5.74, 6) is -1.49. The number of carboxylic acid groups (broad SMARTS) is 1. The number of hydrogen-bond donors (Lipinski definition) is 2. The first kappa shape index (κ1) is 16.4. The van der Waals surface area contributed by atoms with Gasteiger partial charge in [0.2, 0.25) is 0 Å². The Bertz CT molecular complexity index is 422. The van der Waals surface area contributed by atoms with Gasteiger partial charge in [-0.15, -0.1) is 12.4 Å². The topological polar surface area (TPSA) is 89.6 Å². The van der Waals surface area contributed by atoms with Gasteiger partial charge >= 0.3 is 11.9 Å². The summed E-state index contributed by atoms with van der Waals surface area (Å²) in [6.45, 7) is 1.99. The normalized spacial score (nSPS) is 11.2. The number of carbonyl (C=O) groups is 2. The minimum absolute atomic E-state index is 0. The van der Waals surface area contributed by atoms with Crippen LogP contribution in [0.25, 0.3) is 0 Å². The summed E-state index contributed by atoms with van der Waals surface area (Å²) in [5.41, 5.74) is 6.35. The number of nitrogens with two attached hydrogens (primary N) is 1. The number of benzene rings is 1. The highest BCUT2D eigenvalue weighted by Crippen LogP contribution is 2.19. The third-order valence-corrected chi connectivity index (χ3v) is 2.28. The maximum absolute atomic E-state index is 11.3. The SMILES string of the molecule is CCOC(=O)C[C@@H](N)c1ccccc1C(=O)O.Cl. The molecule has 0 unspecified atom stereocenters. The van der Waals surface area contributed by atoms with Gasteiger partial charge in [0, 0.05) is 6.04 Å². The minimum Gasteiger partial charge on any atom is -0.478 e.